The average Bonchev–Trinajstić information content (AvgIpc) is 2.69. The van der Waals surface area contributed by atoms with Crippen LogP contribution in [0.5, 0.6) is 0 Å². The maximum absolute atomic E-state index is 11.5. The summed E-state index contributed by atoms with van der Waals surface area (Å²) in [6.07, 6.45) is -1.11. The van der Waals surface area contributed by atoms with E-state index in [4.69, 9.17) is 23.2 Å². The van der Waals surface area contributed by atoms with Gasteiger partial charge in [0.2, 0.25) is 0 Å². The minimum Gasteiger partial charge on any atom is -0.478 e. The van der Waals surface area contributed by atoms with Gasteiger partial charge in [-0.3, -0.25) is 0 Å². The van der Waals surface area contributed by atoms with Gasteiger partial charge >= 0.3 is 5.97 Å². The lowest BCUT2D eigenvalue weighted by atomic mass is 9.91. The third kappa shape index (κ3) is 2.69. The Kier molecular flexibility index (Phi) is 4.39. The summed E-state index contributed by atoms with van der Waals surface area (Å²) in [6.45, 7) is 3.45. The molecule has 0 saturated heterocycles. The number of rotatable bonds is 3. The summed E-state index contributed by atoms with van der Waals surface area (Å²) < 4.78 is 0.811. The number of aliphatic hydroxyl groups excluding tert-OH is 1. The van der Waals surface area contributed by atoms with Gasteiger partial charge in [-0.1, -0.05) is 35.3 Å². The van der Waals surface area contributed by atoms with Gasteiger partial charge in [0.15, 0.2) is 0 Å². The van der Waals surface area contributed by atoms with Crippen LogP contribution in [0.1, 0.15) is 38.7 Å². The molecule has 0 amide bonds. The van der Waals surface area contributed by atoms with Crippen molar-refractivity contribution in [2.45, 2.75) is 20.0 Å². The number of halogens is 2. The third-order valence-electron chi connectivity index (χ3n) is 3.14. The van der Waals surface area contributed by atoms with Crippen LogP contribution < -0.4 is 0 Å². The van der Waals surface area contributed by atoms with Crippen LogP contribution in [0.4, 0.5) is 0 Å². The first-order chi connectivity index (χ1) is 9.32. The number of aliphatic hydroxyl groups is 1. The number of hydrogen-bond acceptors (Lipinski definition) is 3. The van der Waals surface area contributed by atoms with Gasteiger partial charge < -0.3 is 10.2 Å². The molecule has 0 spiro atoms. The van der Waals surface area contributed by atoms with E-state index in [1.54, 1.807) is 32.0 Å². The molecule has 1 aromatic carbocycles. The number of aryl methyl sites for hydroxylation is 2. The Morgan fingerprint density at radius 1 is 1.25 bits per heavy atom. The summed E-state index contributed by atoms with van der Waals surface area (Å²) in [5.74, 6) is -1.07. The predicted molar refractivity (Wildman–Crippen MR) is 81.3 cm³/mol. The second-order valence-electron chi connectivity index (χ2n) is 4.48. The lowest BCUT2D eigenvalue weighted by Crippen LogP contribution is -2.12. The van der Waals surface area contributed by atoms with Crippen LogP contribution in [-0.4, -0.2) is 16.2 Å². The first kappa shape index (κ1) is 15.3. The zero-order valence-electron chi connectivity index (χ0n) is 10.8. The van der Waals surface area contributed by atoms with Crippen molar-refractivity contribution in [2.24, 2.45) is 0 Å². The van der Waals surface area contributed by atoms with Crippen molar-refractivity contribution in [2.75, 3.05) is 0 Å². The van der Waals surface area contributed by atoms with Crippen molar-refractivity contribution in [3.63, 3.8) is 0 Å². The summed E-state index contributed by atoms with van der Waals surface area (Å²) in [5, 5.41) is 19.9. The van der Waals surface area contributed by atoms with E-state index in [2.05, 4.69) is 0 Å². The van der Waals surface area contributed by atoms with Crippen molar-refractivity contribution in [3.05, 3.63) is 54.7 Å². The second kappa shape index (κ2) is 5.74. The van der Waals surface area contributed by atoms with E-state index in [1.807, 2.05) is 0 Å². The fourth-order valence-corrected chi connectivity index (χ4v) is 3.68. The molecular weight excluding hydrogens is 319 g/mol. The first-order valence-corrected chi connectivity index (χ1v) is 7.36. The van der Waals surface area contributed by atoms with Gasteiger partial charge in [-0.15, -0.1) is 11.3 Å². The van der Waals surface area contributed by atoms with Crippen LogP contribution in [0, 0.1) is 13.8 Å². The SMILES string of the molecule is Cc1ccc(C)c(C(O)c2cc(Cl)sc2Cl)c1C(=O)O. The van der Waals surface area contributed by atoms with Crippen LogP contribution in [-0.2, 0) is 0 Å². The molecule has 20 heavy (non-hydrogen) atoms. The minimum atomic E-state index is -1.11. The van der Waals surface area contributed by atoms with Gasteiger partial charge in [-0.2, -0.15) is 0 Å². The lowest BCUT2D eigenvalue weighted by molar-refractivity contribution is 0.0690. The molecule has 0 aliphatic heterocycles. The minimum absolute atomic E-state index is 0.107. The van der Waals surface area contributed by atoms with E-state index in [0.717, 1.165) is 11.3 Å². The molecule has 0 radical (unpaired) electrons. The van der Waals surface area contributed by atoms with Crippen LogP contribution in [0.25, 0.3) is 0 Å². The molecule has 2 N–H and O–H groups in total. The molecule has 6 heteroatoms. The van der Waals surface area contributed by atoms with Crippen molar-refractivity contribution >= 4 is 40.5 Å². The molecule has 3 nitrogen and oxygen atoms in total. The summed E-state index contributed by atoms with van der Waals surface area (Å²) in [7, 11) is 0. The zero-order chi connectivity index (χ0) is 15.0. The zero-order valence-corrected chi connectivity index (χ0v) is 13.1. The molecule has 1 heterocycles. The monoisotopic (exact) mass is 330 g/mol. The molecule has 1 aromatic heterocycles. The van der Waals surface area contributed by atoms with E-state index >= 15 is 0 Å². The topological polar surface area (TPSA) is 57.5 Å². The molecule has 0 aliphatic carbocycles. The van der Waals surface area contributed by atoms with E-state index in [-0.39, 0.29) is 5.56 Å². The Hall–Kier alpha value is -1.07. The average molecular weight is 331 g/mol. The molecule has 0 aliphatic rings. The lowest BCUT2D eigenvalue weighted by Gasteiger charge is -2.17. The number of aromatic carboxylic acids is 1. The van der Waals surface area contributed by atoms with Crippen molar-refractivity contribution in [3.8, 4) is 0 Å². The summed E-state index contributed by atoms with van der Waals surface area (Å²) >= 11 is 13.1. The largest absolute Gasteiger partial charge is 0.478 e. The maximum Gasteiger partial charge on any atom is 0.336 e. The highest BCUT2D eigenvalue weighted by Gasteiger charge is 2.25. The highest BCUT2D eigenvalue weighted by molar-refractivity contribution is 7.20. The standard InChI is InChI=1S/C14H12Cl2O3S/c1-6-3-4-7(2)11(14(18)19)10(6)12(17)8-5-9(15)20-13(8)16/h3-5,12,17H,1-2H3,(H,18,19). The number of hydrogen-bond donors (Lipinski definition) is 2. The Morgan fingerprint density at radius 2 is 1.85 bits per heavy atom. The number of thiophene rings is 1. The fraction of sp³-hybridized carbons (Fsp3) is 0.214. The molecule has 2 rings (SSSR count). The smallest absolute Gasteiger partial charge is 0.336 e. The molecule has 1 unspecified atom stereocenters. The van der Waals surface area contributed by atoms with Crippen molar-refractivity contribution in [1.29, 1.82) is 0 Å². The Morgan fingerprint density at radius 3 is 2.35 bits per heavy atom. The first-order valence-electron chi connectivity index (χ1n) is 5.79. The predicted octanol–water partition coefficient (Wildman–Crippen LogP) is 4.45. The molecule has 0 bridgehead atoms. The number of carboxylic acids is 1. The van der Waals surface area contributed by atoms with E-state index in [9.17, 15) is 15.0 Å². The van der Waals surface area contributed by atoms with Gasteiger partial charge in [0, 0.05) is 11.1 Å². The van der Waals surface area contributed by atoms with Gasteiger partial charge in [-0.25, -0.2) is 4.79 Å². The number of carboxylic acid groups (broad SMARTS) is 1. The normalized spacial score (nSPS) is 12.4. The van der Waals surface area contributed by atoms with E-state index in [1.165, 1.54) is 0 Å². The Balaban J connectivity index is 2.65. The second-order valence-corrected chi connectivity index (χ2v) is 6.76. The summed E-state index contributed by atoms with van der Waals surface area (Å²) in [6, 6.07) is 5.06. The highest BCUT2D eigenvalue weighted by Crippen LogP contribution is 2.39. The fourth-order valence-electron chi connectivity index (χ4n) is 2.16. The van der Waals surface area contributed by atoms with Crippen molar-refractivity contribution < 1.29 is 15.0 Å². The van der Waals surface area contributed by atoms with Crippen LogP contribution in [0.2, 0.25) is 8.67 Å². The van der Waals surface area contributed by atoms with Crippen LogP contribution in [0.15, 0.2) is 18.2 Å². The third-order valence-corrected chi connectivity index (χ3v) is 4.65. The van der Waals surface area contributed by atoms with Crippen molar-refractivity contribution in [1.82, 2.24) is 0 Å². The molecular formula is C14H12Cl2O3S. The molecule has 0 saturated carbocycles. The van der Waals surface area contributed by atoms with Gasteiger partial charge in [0.1, 0.15) is 10.4 Å². The van der Waals surface area contributed by atoms with Crippen LogP contribution >= 0.6 is 34.5 Å². The Bertz CT molecular complexity index is 679. The highest BCUT2D eigenvalue weighted by atomic mass is 35.5. The molecule has 106 valence electrons. The number of benzene rings is 1. The molecule has 2 aromatic rings. The van der Waals surface area contributed by atoms with Gasteiger partial charge in [-0.05, 0) is 31.0 Å². The van der Waals surface area contributed by atoms with E-state index in [0.29, 0.717) is 30.9 Å². The molecule has 0 fully saturated rings. The quantitative estimate of drug-likeness (QED) is 0.873. The van der Waals surface area contributed by atoms with Gasteiger partial charge in [0.05, 0.1) is 9.90 Å². The van der Waals surface area contributed by atoms with Gasteiger partial charge in [0.25, 0.3) is 0 Å². The van der Waals surface area contributed by atoms with E-state index < -0.39 is 12.1 Å². The number of carbonyl (C=O) groups is 1. The Labute approximate surface area is 130 Å². The summed E-state index contributed by atoms with van der Waals surface area (Å²) in [4.78, 5) is 11.5. The maximum atomic E-state index is 11.5. The summed E-state index contributed by atoms with van der Waals surface area (Å²) in [5.41, 5.74) is 2.18. The molecule has 1 atom stereocenters. The van der Waals surface area contributed by atoms with Crippen LogP contribution in [0.3, 0.4) is 0 Å².